The van der Waals surface area contributed by atoms with Crippen molar-refractivity contribution < 1.29 is 23.8 Å². The van der Waals surface area contributed by atoms with Crippen molar-refractivity contribution in [3.8, 4) is 11.5 Å². The van der Waals surface area contributed by atoms with E-state index < -0.39 is 5.97 Å². The van der Waals surface area contributed by atoms with Gasteiger partial charge in [-0.25, -0.2) is 4.79 Å². The second-order valence-electron chi connectivity index (χ2n) is 9.01. The number of ether oxygens (including phenoxy) is 3. The van der Waals surface area contributed by atoms with Crippen molar-refractivity contribution in [2.75, 3.05) is 27.4 Å². The number of halogens is 1. The molecule has 1 aliphatic heterocycles. The summed E-state index contributed by atoms with van der Waals surface area (Å²) < 4.78 is 15.6. The Hall–Kier alpha value is -1.95. The number of likely N-dealkylation sites (tertiary alicyclic amines) is 1. The summed E-state index contributed by atoms with van der Waals surface area (Å²) in [5.41, 5.74) is 0.576. The number of fused-ring (bicyclic) bond motifs is 2. The quantitative estimate of drug-likeness (QED) is 0.689. The third-order valence-corrected chi connectivity index (χ3v) is 6.01. The zero-order valence-electron chi connectivity index (χ0n) is 17.1. The van der Waals surface area contributed by atoms with Gasteiger partial charge in [-0.3, -0.25) is 4.79 Å². The van der Waals surface area contributed by atoms with Gasteiger partial charge in [0.15, 0.2) is 18.1 Å². The number of benzene rings is 1. The molecule has 0 unspecified atom stereocenters. The van der Waals surface area contributed by atoms with Gasteiger partial charge in [0, 0.05) is 12.6 Å². The summed E-state index contributed by atoms with van der Waals surface area (Å²) in [4.78, 5) is 27.1. The van der Waals surface area contributed by atoms with Gasteiger partial charge in [-0.1, -0.05) is 32.4 Å². The predicted octanol–water partition coefficient (Wildman–Crippen LogP) is 3.94. The second kappa shape index (κ2) is 7.47. The van der Waals surface area contributed by atoms with Crippen LogP contribution in [-0.4, -0.2) is 50.2 Å². The first-order valence-corrected chi connectivity index (χ1v) is 9.83. The number of carbonyl (C=O) groups is 2. The number of carbonyl (C=O) groups excluding carboxylic acids is 2. The molecule has 28 heavy (non-hydrogen) atoms. The smallest absolute Gasteiger partial charge is 0.338 e. The number of rotatable bonds is 5. The molecule has 154 valence electrons. The first-order chi connectivity index (χ1) is 13.1. The van der Waals surface area contributed by atoms with Gasteiger partial charge >= 0.3 is 5.97 Å². The fourth-order valence-corrected chi connectivity index (χ4v) is 5.37. The monoisotopic (exact) mass is 409 g/mol. The number of esters is 1. The molecular formula is C21H28ClNO5. The molecule has 1 amide bonds. The highest BCUT2D eigenvalue weighted by atomic mass is 35.5. The SMILES string of the molecule is COc1cc(C(=O)OCC(=O)N2C[C@]3(C)C[C@H]2CC(C)(C)C3)cc(Cl)c1OC. The molecular weight excluding hydrogens is 382 g/mol. The minimum Gasteiger partial charge on any atom is -0.493 e. The summed E-state index contributed by atoms with van der Waals surface area (Å²) in [5.74, 6) is -0.0926. The van der Waals surface area contributed by atoms with E-state index >= 15 is 0 Å². The Balaban J connectivity index is 1.65. The van der Waals surface area contributed by atoms with Crippen LogP contribution >= 0.6 is 11.6 Å². The molecule has 7 heteroatoms. The van der Waals surface area contributed by atoms with Gasteiger partial charge in [-0.2, -0.15) is 0 Å². The van der Waals surface area contributed by atoms with Gasteiger partial charge in [0.05, 0.1) is 24.8 Å². The maximum atomic E-state index is 12.7. The van der Waals surface area contributed by atoms with Gasteiger partial charge in [0.2, 0.25) is 0 Å². The van der Waals surface area contributed by atoms with Gasteiger partial charge in [-0.15, -0.1) is 0 Å². The molecule has 3 rings (SSSR count). The van der Waals surface area contributed by atoms with E-state index in [0.29, 0.717) is 11.5 Å². The summed E-state index contributed by atoms with van der Waals surface area (Å²) in [6.07, 6.45) is 3.10. The van der Waals surface area contributed by atoms with Crippen molar-refractivity contribution in [2.24, 2.45) is 10.8 Å². The molecule has 1 aromatic carbocycles. The van der Waals surface area contributed by atoms with E-state index in [1.54, 1.807) is 0 Å². The highest BCUT2D eigenvalue weighted by Gasteiger charge is 2.50. The Morgan fingerprint density at radius 3 is 2.54 bits per heavy atom. The largest absolute Gasteiger partial charge is 0.493 e. The Bertz CT molecular complexity index is 793. The van der Waals surface area contributed by atoms with Gasteiger partial charge in [-0.05, 0) is 42.2 Å². The maximum absolute atomic E-state index is 12.7. The highest BCUT2D eigenvalue weighted by molar-refractivity contribution is 6.32. The minimum atomic E-state index is -0.620. The summed E-state index contributed by atoms with van der Waals surface area (Å²) in [6, 6.07) is 3.15. The van der Waals surface area contributed by atoms with Crippen LogP contribution in [0.2, 0.25) is 5.02 Å². The van der Waals surface area contributed by atoms with E-state index in [1.807, 2.05) is 4.90 Å². The van der Waals surface area contributed by atoms with Crippen molar-refractivity contribution in [2.45, 2.75) is 46.1 Å². The molecule has 2 aliphatic rings. The Kier molecular flexibility index (Phi) is 5.54. The number of hydrogen-bond donors (Lipinski definition) is 0. The van der Waals surface area contributed by atoms with Gasteiger partial charge in [0.1, 0.15) is 0 Å². The third kappa shape index (κ3) is 4.07. The van der Waals surface area contributed by atoms with Crippen molar-refractivity contribution in [1.82, 2.24) is 4.90 Å². The van der Waals surface area contributed by atoms with E-state index in [9.17, 15) is 9.59 Å². The van der Waals surface area contributed by atoms with Crippen LogP contribution in [0.4, 0.5) is 0 Å². The molecule has 2 atom stereocenters. The molecule has 0 radical (unpaired) electrons. The van der Waals surface area contributed by atoms with E-state index in [1.165, 1.54) is 26.4 Å². The van der Waals surface area contributed by atoms with Crippen LogP contribution < -0.4 is 9.47 Å². The summed E-state index contributed by atoms with van der Waals surface area (Å²) in [6.45, 7) is 7.20. The summed E-state index contributed by atoms with van der Waals surface area (Å²) in [5, 5.41) is 0.239. The lowest BCUT2D eigenvalue weighted by molar-refractivity contribution is -0.135. The fourth-order valence-electron chi connectivity index (χ4n) is 5.08. The van der Waals surface area contributed by atoms with Crippen molar-refractivity contribution >= 4 is 23.5 Å². The molecule has 0 aromatic heterocycles. The molecule has 1 aromatic rings. The molecule has 0 N–H and O–H groups in total. The number of hydrogen-bond acceptors (Lipinski definition) is 5. The van der Waals surface area contributed by atoms with Crippen LogP contribution in [-0.2, 0) is 9.53 Å². The fraction of sp³-hybridized carbons (Fsp3) is 0.619. The van der Waals surface area contributed by atoms with Crippen LogP contribution in [0.25, 0.3) is 0 Å². The van der Waals surface area contributed by atoms with Crippen molar-refractivity contribution in [3.05, 3.63) is 22.7 Å². The lowest BCUT2D eigenvalue weighted by Crippen LogP contribution is -2.39. The van der Waals surface area contributed by atoms with E-state index in [2.05, 4.69) is 20.8 Å². The zero-order chi connectivity index (χ0) is 20.7. The van der Waals surface area contributed by atoms with Crippen LogP contribution in [0.15, 0.2) is 12.1 Å². The summed E-state index contributed by atoms with van der Waals surface area (Å²) >= 11 is 6.14. The predicted molar refractivity (Wildman–Crippen MR) is 106 cm³/mol. The van der Waals surface area contributed by atoms with Crippen LogP contribution in [0.1, 0.15) is 50.4 Å². The van der Waals surface area contributed by atoms with Crippen LogP contribution in [0, 0.1) is 10.8 Å². The number of nitrogens with zero attached hydrogens (tertiary/aromatic N) is 1. The number of methoxy groups -OCH3 is 2. The second-order valence-corrected chi connectivity index (χ2v) is 9.41. The Labute approximate surface area is 171 Å². The van der Waals surface area contributed by atoms with E-state index in [0.717, 1.165) is 25.8 Å². The van der Waals surface area contributed by atoms with Gasteiger partial charge in [0.25, 0.3) is 5.91 Å². The Morgan fingerprint density at radius 1 is 1.18 bits per heavy atom. The normalized spacial score (nSPS) is 25.4. The molecule has 2 bridgehead atoms. The van der Waals surface area contributed by atoms with Crippen molar-refractivity contribution in [3.63, 3.8) is 0 Å². The zero-order valence-corrected chi connectivity index (χ0v) is 17.9. The first kappa shape index (κ1) is 20.8. The van der Waals surface area contributed by atoms with E-state index in [4.69, 9.17) is 25.8 Å². The average Bonchev–Trinajstić information content (AvgIpc) is 2.87. The standard InChI is InChI=1S/C21H28ClNO5/c1-20(2)8-14-9-21(3,11-20)12-23(14)17(24)10-28-19(25)13-6-15(22)18(27-5)16(7-13)26-4/h6-7,14H,8-12H2,1-5H3/t14-,21-/m1/s1. The lowest BCUT2D eigenvalue weighted by atomic mass is 9.65. The van der Waals surface area contributed by atoms with Gasteiger partial charge < -0.3 is 19.1 Å². The molecule has 1 heterocycles. The Morgan fingerprint density at radius 2 is 1.89 bits per heavy atom. The highest BCUT2D eigenvalue weighted by Crippen LogP contribution is 2.52. The molecule has 1 saturated heterocycles. The van der Waals surface area contributed by atoms with E-state index in [-0.39, 0.29) is 40.0 Å². The maximum Gasteiger partial charge on any atom is 0.338 e. The molecule has 1 aliphatic carbocycles. The molecule has 1 saturated carbocycles. The molecule has 2 fully saturated rings. The molecule has 0 spiro atoms. The summed E-state index contributed by atoms with van der Waals surface area (Å²) in [7, 11) is 2.93. The minimum absolute atomic E-state index is 0.142. The van der Waals surface area contributed by atoms with Crippen LogP contribution in [0.5, 0.6) is 11.5 Å². The topological polar surface area (TPSA) is 65.1 Å². The average molecular weight is 410 g/mol. The number of amides is 1. The van der Waals surface area contributed by atoms with Crippen LogP contribution in [0.3, 0.4) is 0 Å². The lowest BCUT2D eigenvalue weighted by Gasteiger charge is -2.39. The molecule has 6 nitrogen and oxygen atoms in total. The van der Waals surface area contributed by atoms with Crippen molar-refractivity contribution in [1.29, 1.82) is 0 Å². The third-order valence-electron chi connectivity index (χ3n) is 5.73. The first-order valence-electron chi connectivity index (χ1n) is 9.46.